The molecule has 0 aromatic heterocycles. The molecule has 0 fully saturated rings. The van der Waals surface area contributed by atoms with Gasteiger partial charge in [-0.2, -0.15) is 0 Å². The van der Waals surface area contributed by atoms with Gasteiger partial charge in [0.2, 0.25) is 11.8 Å². The molecule has 0 aliphatic carbocycles. The van der Waals surface area contributed by atoms with Crippen molar-refractivity contribution in [2.45, 2.75) is 62.9 Å². The fraction of sp³-hybridized carbons (Fsp3) is 0.375. The molecule has 0 saturated carbocycles. The van der Waals surface area contributed by atoms with Gasteiger partial charge in [-0.25, -0.2) is 8.42 Å². The molecule has 1 atom stereocenters. The number of nitrogens with zero attached hydrogens (tertiary/aromatic N) is 2. The summed E-state index contributed by atoms with van der Waals surface area (Å²) in [5, 5.41) is 2.90. The van der Waals surface area contributed by atoms with E-state index in [2.05, 4.69) is 5.32 Å². The second kappa shape index (κ2) is 15.7. The molecule has 1 unspecified atom stereocenters. The molecule has 0 aliphatic heterocycles. The number of anilines is 1. The number of aryl methyl sites for hydroxylation is 1. The number of nitrogens with one attached hydrogen (secondary N) is 1. The van der Waals surface area contributed by atoms with Crippen LogP contribution in [0.3, 0.4) is 0 Å². The van der Waals surface area contributed by atoms with Crippen molar-refractivity contribution < 1.29 is 22.7 Å². The summed E-state index contributed by atoms with van der Waals surface area (Å²) < 4.78 is 35.1. The number of unbranched alkanes of at least 4 members (excludes halogenated alkanes) is 1. The Morgan fingerprint density at radius 1 is 0.976 bits per heavy atom. The lowest BCUT2D eigenvalue weighted by Crippen LogP contribution is -2.51. The predicted molar refractivity (Wildman–Crippen MR) is 169 cm³/mol. The van der Waals surface area contributed by atoms with Crippen molar-refractivity contribution in [3.63, 3.8) is 0 Å². The third kappa shape index (κ3) is 8.51. The van der Waals surface area contributed by atoms with Crippen molar-refractivity contribution in [2.24, 2.45) is 0 Å². The third-order valence-electron chi connectivity index (χ3n) is 6.83. The number of sulfonamides is 1. The molecule has 0 spiro atoms. The van der Waals surface area contributed by atoms with Gasteiger partial charge in [-0.05, 0) is 75.4 Å². The second-order valence-electron chi connectivity index (χ2n) is 9.92. The third-order valence-corrected chi connectivity index (χ3v) is 9.35. The number of carbonyl (C=O) groups is 2. The zero-order valence-electron chi connectivity index (χ0n) is 25.0. The van der Waals surface area contributed by atoms with Crippen LogP contribution in [-0.4, -0.2) is 57.1 Å². The van der Waals surface area contributed by atoms with Crippen LogP contribution in [-0.2, 0) is 26.2 Å². The lowest BCUT2D eigenvalue weighted by Gasteiger charge is -2.32. The highest BCUT2D eigenvalue weighted by Gasteiger charge is 2.33. The molecule has 0 radical (unpaired) electrons. The number of rotatable bonds is 15. The molecule has 1 N–H and O–H groups in total. The smallest absolute Gasteiger partial charge is 0.264 e. The van der Waals surface area contributed by atoms with Gasteiger partial charge in [0.1, 0.15) is 18.3 Å². The van der Waals surface area contributed by atoms with E-state index >= 15 is 0 Å². The first-order valence-corrected chi connectivity index (χ1v) is 16.8. The molecular formula is C32H41N3O5S2. The maximum atomic E-state index is 14.1. The van der Waals surface area contributed by atoms with E-state index in [9.17, 15) is 18.0 Å². The van der Waals surface area contributed by atoms with Gasteiger partial charge in [0.05, 0.1) is 17.2 Å². The minimum atomic E-state index is -4.19. The predicted octanol–water partition coefficient (Wildman–Crippen LogP) is 5.64. The Kier molecular flexibility index (Phi) is 12.3. The first kappa shape index (κ1) is 33.0. The Morgan fingerprint density at radius 2 is 1.64 bits per heavy atom. The van der Waals surface area contributed by atoms with Crippen LogP contribution in [0.2, 0.25) is 0 Å². The van der Waals surface area contributed by atoms with E-state index in [4.69, 9.17) is 4.74 Å². The highest BCUT2D eigenvalue weighted by atomic mass is 32.2. The number of carbonyl (C=O) groups excluding carboxylic acids is 2. The van der Waals surface area contributed by atoms with Crippen molar-refractivity contribution in [1.29, 1.82) is 0 Å². The van der Waals surface area contributed by atoms with E-state index < -0.39 is 28.5 Å². The van der Waals surface area contributed by atoms with Crippen molar-refractivity contribution in [1.82, 2.24) is 10.2 Å². The average molecular weight is 612 g/mol. The number of thioether (sulfide) groups is 1. The molecule has 226 valence electrons. The molecule has 3 aromatic rings. The van der Waals surface area contributed by atoms with Crippen LogP contribution in [0.4, 0.5) is 5.69 Å². The first-order chi connectivity index (χ1) is 20.1. The van der Waals surface area contributed by atoms with Gasteiger partial charge in [0.15, 0.2) is 0 Å². The van der Waals surface area contributed by atoms with Gasteiger partial charge in [0.25, 0.3) is 10.0 Å². The van der Waals surface area contributed by atoms with Gasteiger partial charge in [-0.3, -0.25) is 13.9 Å². The summed E-state index contributed by atoms with van der Waals surface area (Å²) in [6, 6.07) is 20.2. The second-order valence-corrected chi connectivity index (χ2v) is 12.7. The Balaban J connectivity index is 2.05. The lowest BCUT2D eigenvalue weighted by molar-refractivity contribution is -0.139. The Bertz CT molecular complexity index is 1430. The summed E-state index contributed by atoms with van der Waals surface area (Å²) in [4.78, 5) is 29.6. The van der Waals surface area contributed by atoms with Crippen LogP contribution < -0.4 is 14.4 Å². The summed E-state index contributed by atoms with van der Waals surface area (Å²) in [6.07, 6.45) is 3.65. The lowest BCUT2D eigenvalue weighted by atomic mass is 10.1. The number of hydrogen-bond acceptors (Lipinski definition) is 6. The van der Waals surface area contributed by atoms with Gasteiger partial charge in [-0.15, -0.1) is 11.8 Å². The highest BCUT2D eigenvalue weighted by Crippen LogP contribution is 2.33. The molecule has 2 amide bonds. The van der Waals surface area contributed by atoms with E-state index in [1.54, 1.807) is 43.3 Å². The van der Waals surface area contributed by atoms with Gasteiger partial charge in [0, 0.05) is 18.0 Å². The average Bonchev–Trinajstić information content (AvgIpc) is 2.99. The summed E-state index contributed by atoms with van der Waals surface area (Å²) in [7, 11) is -4.19. The van der Waals surface area contributed by atoms with E-state index in [0.717, 1.165) is 33.2 Å². The molecule has 3 aromatic carbocycles. The largest absolute Gasteiger partial charge is 0.492 e. The molecular weight excluding hydrogens is 571 g/mol. The highest BCUT2D eigenvalue weighted by molar-refractivity contribution is 7.98. The van der Waals surface area contributed by atoms with Crippen LogP contribution in [0.15, 0.2) is 82.6 Å². The number of benzene rings is 3. The van der Waals surface area contributed by atoms with E-state index in [1.807, 2.05) is 51.3 Å². The zero-order chi connectivity index (χ0) is 30.7. The van der Waals surface area contributed by atoms with E-state index in [1.165, 1.54) is 28.8 Å². The van der Waals surface area contributed by atoms with Crippen molar-refractivity contribution in [3.8, 4) is 5.75 Å². The zero-order valence-corrected chi connectivity index (χ0v) is 26.6. The molecule has 0 aliphatic rings. The standard InChI is InChI=1S/C32H41N3O5S2/c1-6-8-21-33-32(37)25(4)34(22-26-15-13-24(3)14-16-26)31(36)23-35(29-11-9-10-12-30(29)40-7-2)42(38,39)28-19-17-27(41-5)18-20-28/h9-20,25H,6-8,21-23H2,1-5H3,(H,33,37). The maximum absolute atomic E-state index is 14.1. The van der Waals surface area contributed by atoms with Gasteiger partial charge in [-0.1, -0.05) is 55.3 Å². The van der Waals surface area contributed by atoms with Crippen molar-refractivity contribution in [2.75, 3.05) is 30.3 Å². The molecule has 10 heteroatoms. The SMILES string of the molecule is CCCCNC(=O)C(C)N(Cc1ccc(C)cc1)C(=O)CN(c1ccccc1OCC)S(=O)(=O)c1ccc(SC)cc1. The minimum Gasteiger partial charge on any atom is -0.492 e. The molecule has 0 heterocycles. The summed E-state index contributed by atoms with van der Waals surface area (Å²) >= 11 is 1.50. The van der Waals surface area contributed by atoms with Crippen LogP contribution in [0.25, 0.3) is 0 Å². The molecule has 0 bridgehead atoms. The Hall–Kier alpha value is -3.50. The molecule has 8 nitrogen and oxygen atoms in total. The van der Waals surface area contributed by atoms with E-state index in [-0.39, 0.29) is 23.0 Å². The van der Waals surface area contributed by atoms with Crippen LogP contribution in [0.1, 0.15) is 44.7 Å². The van der Waals surface area contributed by atoms with Gasteiger partial charge < -0.3 is 15.0 Å². The first-order valence-electron chi connectivity index (χ1n) is 14.1. The fourth-order valence-corrected chi connectivity index (χ4v) is 6.17. The topological polar surface area (TPSA) is 96.0 Å². The number of ether oxygens (including phenoxy) is 1. The van der Waals surface area contributed by atoms with Crippen LogP contribution in [0.5, 0.6) is 5.75 Å². The Morgan fingerprint density at radius 3 is 2.26 bits per heavy atom. The molecule has 3 rings (SSSR count). The quantitative estimate of drug-likeness (QED) is 0.176. The fourth-order valence-electron chi connectivity index (χ4n) is 4.34. The van der Waals surface area contributed by atoms with Crippen molar-refractivity contribution >= 4 is 39.3 Å². The molecule has 42 heavy (non-hydrogen) atoms. The van der Waals surface area contributed by atoms with Gasteiger partial charge >= 0.3 is 0 Å². The molecule has 0 saturated heterocycles. The van der Waals surface area contributed by atoms with Crippen molar-refractivity contribution in [3.05, 3.63) is 83.9 Å². The number of amides is 2. The van der Waals surface area contributed by atoms with Crippen LogP contribution >= 0.6 is 11.8 Å². The van der Waals surface area contributed by atoms with Crippen LogP contribution in [0, 0.1) is 6.92 Å². The van der Waals surface area contributed by atoms with E-state index in [0.29, 0.717) is 18.9 Å². The summed E-state index contributed by atoms with van der Waals surface area (Å²) in [5.74, 6) is -0.461. The summed E-state index contributed by atoms with van der Waals surface area (Å²) in [6.45, 7) is 7.93. The number of hydrogen-bond donors (Lipinski definition) is 1. The maximum Gasteiger partial charge on any atom is 0.264 e. The number of para-hydroxylation sites is 2. The Labute approximate surface area is 254 Å². The monoisotopic (exact) mass is 611 g/mol. The minimum absolute atomic E-state index is 0.0508. The normalized spacial score (nSPS) is 11.9. The summed E-state index contributed by atoms with van der Waals surface area (Å²) in [5.41, 5.74) is 2.15.